The molecule has 3 fully saturated rings. The van der Waals surface area contributed by atoms with E-state index in [0.717, 1.165) is 11.8 Å². The second-order valence-corrected chi connectivity index (χ2v) is 7.41. The zero-order valence-electron chi connectivity index (χ0n) is 12.2. The fraction of sp³-hybridized carbons (Fsp3) is 0.667. The molecule has 1 aromatic carbocycles. The summed E-state index contributed by atoms with van der Waals surface area (Å²) in [4.78, 5) is 2.68. The molecule has 1 aromatic rings. The minimum atomic E-state index is 0.314. The van der Waals surface area contributed by atoms with E-state index >= 15 is 0 Å². The fourth-order valence-corrected chi connectivity index (χ4v) is 4.01. The lowest BCUT2D eigenvalue weighted by molar-refractivity contribution is 0.286. The normalized spacial score (nSPS) is 30.8. The predicted octanol–water partition coefficient (Wildman–Crippen LogP) is 3.55. The van der Waals surface area contributed by atoms with Crippen molar-refractivity contribution in [1.82, 2.24) is 4.90 Å². The summed E-state index contributed by atoms with van der Waals surface area (Å²) in [5.74, 6) is 2.35. The lowest BCUT2D eigenvalue weighted by Gasteiger charge is -2.30. The maximum atomic E-state index is 9.85. The molecule has 2 heteroatoms. The number of phenolic OH excluding ortho intramolecular Hbond substituents is 1. The van der Waals surface area contributed by atoms with Gasteiger partial charge in [0.15, 0.2) is 0 Å². The summed E-state index contributed by atoms with van der Waals surface area (Å²) >= 11 is 0. The molecule has 2 aliphatic carbocycles. The number of phenols is 1. The van der Waals surface area contributed by atoms with Crippen LogP contribution in [0, 0.1) is 11.8 Å². The van der Waals surface area contributed by atoms with Crippen LogP contribution in [0.15, 0.2) is 24.3 Å². The zero-order chi connectivity index (χ0) is 13.6. The fourth-order valence-electron chi connectivity index (χ4n) is 4.01. The zero-order valence-corrected chi connectivity index (χ0v) is 12.2. The van der Waals surface area contributed by atoms with Crippen LogP contribution < -0.4 is 0 Å². The van der Waals surface area contributed by atoms with Crippen LogP contribution in [0.1, 0.15) is 44.1 Å². The van der Waals surface area contributed by atoms with Gasteiger partial charge in [-0.2, -0.15) is 0 Å². The highest BCUT2D eigenvalue weighted by atomic mass is 16.3. The lowest BCUT2D eigenvalue weighted by Crippen LogP contribution is -2.32. The molecule has 2 nitrogen and oxygen atoms in total. The van der Waals surface area contributed by atoms with Gasteiger partial charge in [-0.1, -0.05) is 25.0 Å². The Balaban J connectivity index is 1.57. The van der Waals surface area contributed by atoms with Crippen molar-refractivity contribution < 1.29 is 5.11 Å². The molecular weight excluding hydrogens is 246 g/mol. The third-order valence-electron chi connectivity index (χ3n) is 5.48. The van der Waals surface area contributed by atoms with E-state index in [0.29, 0.717) is 11.2 Å². The topological polar surface area (TPSA) is 23.5 Å². The molecule has 0 spiro atoms. The summed E-state index contributed by atoms with van der Waals surface area (Å²) in [7, 11) is 0. The van der Waals surface area contributed by atoms with Crippen LogP contribution in [-0.2, 0) is 5.41 Å². The highest BCUT2D eigenvalue weighted by molar-refractivity contribution is 5.35. The van der Waals surface area contributed by atoms with Gasteiger partial charge in [0.05, 0.1) is 0 Å². The Morgan fingerprint density at radius 2 is 1.95 bits per heavy atom. The molecule has 1 saturated heterocycles. The van der Waals surface area contributed by atoms with Crippen LogP contribution in [0.3, 0.4) is 0 Å². The first-order valence-corrected chi connectivity index (χ1v) is 8.25. The Kier molecular flexibility index (Phi) is 3.03. The Labute approximate surface area is 121 Å². The number of rotatable bonds is 5. The van der Waals surface area contributed by atoms with Crippen molar-refractivity contribution in [2.45, 2.75) is 43.9 Å². The second-order valence-electron chi connectivity index (χ2n) is 7.41. The van der Waals surface area contributed by atoms with E-state index in [1.165, 1.54) is 63.7 Å². The van der Waals surface area contributed by atoms with Crippen LogP contribution in [0.4, 0.5) is 0 Å². The van der Waals surface area contributed by atoms with Gasteiger partial charge in [-0.25, -0.2) is 0 Å². The summed E-state index contributed by atoms with van der Waals surface area (Å²) in [5.41, 5.74) is 1.69. The third kappa shape index (κ3) is 2.58. The number of aromatic hydroxyl groups is 1. The maximum Gasteiger partial charge on any atom is 0.115 e. The van der Waals surface area contributed by atoms with Gasteiger partial charge in [-0.05, 0) is 61.8 Å². The Hall–Kier alpha value is -1.02. The van der Waals surface area contributed by atoms with Gasteiger partial charge in [0, 0.05) is 18.5 Å². The number of benzene rings is 1. The molecular formula is C18H25NO. The van der Waals surface area contributed by atoms with E-state index in [1.54, 1.807) is 6.07 Å². The van der Waals surface area contributed by atoms with Crippen molar-refractivity contribution in [1.29, 1.82) is 0 Å². The summed E-state index contributed by atoms with van der Waals surface area (Å²) in [6.45, 7) is 3.77. The van der Waals surface area contributed by atoms with Gasteiger partial charge in [-0.3, -0.25) is 0 Å². The molecule has 1 atom stereocenters. The number of likely N-dealkylation sites (tertiary alicyclic amines) is 1. The number of hydrogen-bond donors (Lipinski definition) is 1. The first kappa shape index (κ1) is 12.7. The molecule has 0 bridgehead atoms. The van der Waals surface area contributed by atoms with E-state index < -0.39 is 0 Å². The first-order valence-electron chi connectivity index (χ1n) is 8.25. The Morgan fingerprint density at radius 3 is 2.65 bits per heavy atom. The van der Waals surface area contributed by atoms with E-state index in [1.807, 2.05) is 12.1 Å². The van der Waals surface area contributed by atoms with Crippen LogP contribution in [0.5, 0.6) is 5.75 Å². The van der Waals surface area contributed by atoms with E-state index in [4.69, 9.17) is 0 Å². The molecule has 20 heavy (non-hydrogen) atoms. The maximum absolute atomic E-state index is 9.85. The highest BCUT2D eigenvalue weighted by Gasteiger charge is 2.44. The quantitative estimate of drug-likeness (QED) is 0.885. The third-order valence-corrected chi connectivity index (χ3v) is 5.48. The SMILES string of the molecule is Oc1cccc([C@]2(CC3CC3)CCN(CC3CC3)C2)c1. The predicted molar refractivity (Wildman–Crippen MR) is 80.9 cm³/mol. The highest BCUT2D eigenvalue weighted by Crippen LogP contribution is 2.47. The molecule has 0 amide bonds. The van der Waals surface area contributed by atoms with E-state index in [-0.39, 0.29) is 0 Å². The lowest BCUT2D eigenvalue weighted by atomic mass is 9.75. The molecule has 1 aliphatic heterocycles. The van der Waals surface area contributed by atoms with Crippen LogP contribution in [0.25, 0.3) is 0 Å². The molecule has 0 aromatic heterocycles. The van der Waals surface area contributed by atoms with Gasteiger partial charge in [0.25, 0.3) is 0 Å². The minimum Gasteiger partial charge on any atom is -0.508 e. The first-order chi connectivity index (χ1) is 9.73. The summed E-state index contributed by atoms with van der Waals surface area (Å²) < 4.78 is 0. The molecule has 3 aliphatic rings. The molecule has 1 heterocycles. The molecule has 0 unspecified atom stereocenters. The van der Waals surface area contributed by atoms with Crippen molar-refractivity contribution in [2.75, 3.05) is 19.6 Å². The van der Waals surface area contributed by atoms with E-state index in [9.17, 15) is 5.11 Å². The monoisotopic (exact) mass is 271 g/mol. The summed E-state index contributed by atoms with van der Waals surface area (Å²) in [5, 5.41) is 9.85. The van der Waals surface area contributed by atoms with Gasteiger partial charge < -0.3 is 10.0 Å². The molecule has 0 radical (unpaired) electrons. The largest absolute Gasteiger partial charge is 0.508 e. The van der Waals surface area contributed by atoms with Crippen molar-refractivity contribution >= 4 is 0 Å². The average Bonchev–Trinajstić information content (AvgIpc) is 3.33. The summed E-state index contributed by atoms with van der Waals surface area (Å²) in [6, 6.07) is 8.07. The standard InChI is InChI=1S/C18H25NO/c20-17-3-1-2-16(10-17)18(11-14-4-5-14)8-9-19(13-18)12-15-6-7-15/h1-3,10,14-15,20H,4-9,11-13H2/t18-/m0/s1. The Morgan fingerprint density at radius 1 is 1.15 bits per heavy atom. The van der Waals surface area contributed by atoms with Crippen molar-refractivity contribution in [3.8, 4) is 5.75 Å². The number of hydrogen-bond acceptors (Lipinski definition) is 2. The molecule has 4 rings (SSSR count). The van der Waals surface area contributed by atoms with Crippen molar-refractivity contribution in [3.63, 3.8) is 0 Å². The van der Waals surface area contributed by atoms with Gasteiger partial charge in [0.2, 0.25) is 0 Å². The van der Waals surface area contributed by atoms with Crippen molar-refractivity contribution in [2.24, 2.45) is 11.8 Å². The minimum absolute atomic E-state index is 0.314. The average molecular weight is 271 g/mol. The van der Waals surface area contributed by atoms with Crippen LogP contribution in [0.2, 0.25) is 0 Å². The summed E-state index contributed by atoms with van der Waals surface area (Å²) in [6.07, 6.45) is 8.33. The van der Waals surface area contributed by atoms with Crippen LogP contribution in [-0.4, -0.2) is 29.6 Å². The van der Waals surface area contributed by atoms with Gasteiger partial charge in [0.1, 0.15) is 5.75 Å². The van der Waals surface area contributed by atoms with Crippen molar-refractivity contribution in [3.05, 3.63) is 29.8 Å². The van der Waals surface area contributed by atoms with E-state index in [2.05, 4.69) is 11.0 Å². The smallest absolute Gasteiger partial charge is 0.115 e. The van der Waals surface area contributed by atoms with Crippen LogP contribution >= 0.6 is 0 Å². The Bertz CT molecular complexity index is 492. The van der Waals surface area contributed by atoms with Gasteiger partial charge >= 0.3 is 0 Å². The van der Waals surface area contributed by atoms with Gasteiger partial charge in [-0.15, -0.1) is 0 Å². The molecule has 2 saturated carbocycles. The molecule has 108 valence electrons. The molecule has 1 N–H and O–H groups in total. The second kappa shape index (κ2) is 4.77. The number of nitrogens with zero attached hydrogens (tertiary/aromatic N) is 1.